The molecular formula is C44H74N12O5. The fourth-order valence-corrected chi connectivity index (χ4v) is 7.30. The van der Waals surface area contributed by atoms with Crippen LogP contribution in [-0.4, -0.2) is 121 Å². The quantitative estimate of drug-likeness (QED) is 0.0356. The van der Waals surface area contributed by atoms with Gasteiger partial charge in [-0.2, -0.15) is 10.1 Å². The van der Waals surface area contributed by atoms with Crippen LogP contribution < -0.4 is 37.2 Å². The van der Waals surface area contributed by atoms with Gasteiger partial charge in [-0.15, -0.1) is 0 Å². The molecule has 0 spiro atoms. The molecule has 1 saturated heterocycles. The second kappa shape index (κ2) is 25.4. The fraction of sp³-hybridized carbons (Fsp3) is 0.705. The molecule has 1 saturated carbocycles. The second-order valence-electron chi connectivity index (χ2n) is 18.1. The number of anilines is 2. The molecule has 2 heterocycles. The van der Waals surface area contributed by atoms with Crippen molar-refractivity contribution < 1.29 is 23.9 Å². The van der Waals surface area contributed by atoms with Crippen LogP contribution in [0.4, 0.5) is 16.6 Å². The Morgan fingerprint density at radius 1 is 0.885 bits per heavy atom. The summed E-state index contributed by atoms with van der Waals surface area (Å²) in [7, 11) is 0. The van der Waals surface area contributed by atoms with E-state index >= 15 is 0 Å². The van der Waals surface area contributed by atoms with E-state index in [0.29, 0.717) is 37.3 Å². The van der Waals surface area contributed by atoms with Crippen LogP contribution in [0.2, 0.25) is 0 Å². The molecule has 2 aromatic rings. The van der Waals surface area contributed by atoms with Crippen LogP contribution in [0.15, 0.2) is 41.3 Å². The number of rotatable bonds is 24. The Bertz CT molecular complexity index is 1700. The van der Waals surface area contributed by atoms with Gasteiger partial charge in [-0.05, 0) is 118 Å². The maximum absolute atomic E-state index is 12.8. The van der Waals surface area contributed by atoms with Crippen LogP contribution in [0.1, 0.15) is 112 Å². The van der Waals surface area contributed by atoms with Gasteiger partial charge < -0.3 is 51.6 Å². The molecule has 2 aliphatic rings. The van der Waals surface area contributed by atoms with Gasteiger partial charge in [0.25, 0.3) is 0 Å². The van der Waals surface area contributed by atoms with Gasteiger partial charge in [-0.1, -0.05) is 31.4 Å². The van der Waals surface area contributed by atoms with Gasteiger partial charge in [0.1, 0.15) is 23.1 Å². The minimum atomic E-state index is -1.02. The summed E-state index contributed by atoms with van der Waals surface area (Å²) in [5, 5.41) is 27.6. The first-order valence-corrected chi connectivity index (χ1v) is 22.4. The number of esters is 1. The molecule has 2 amide bonds. The van der Waals surface area contributed by atoms with Crippen LogP contribution in [0.25, 0.3) is 10.9 Å². The molecule has 4 rings (SSSR count). The molecule has 0 bridgehead atoms. The minimum absolute atomic E-state index is 0.0401. The topological polar surface area (TPSA) is 219 Å². The number of hydrogen-bond donors (Lipinski definition) is 8. The number of amides is 2. The Balaban J connectivity index is 1.15. The Morgan fingerprint density at radius 2 is 1.59 bits per heavy atom. The maximum Gasteiger partial charge on any atom is 0.408 e. The molecule has 61 heavy (non-hydrogen) atoms. The minimum Gasteiger partial charge on any atom is -0.458 e. The van der Waals surface area contributed by atoms with Crippen LogP contribution >= 0.6 is 0 Å². The zero-order valence-electron chi connectivity index (χ0n) is 37.6. The summed E-state index contributed by atoms with van der Waals surface area (Å²) < 4.78 is 10.8. The molecule has 1 aliphatic carbocycles. The molecule has 1 aliphatic heterocycles. The van der Waals surface area contributed by atoms with Crippen LogP contribution in [-0.2, 0) is 19.1 Å². The standard InChI is InChI=1S/C44H74N12O5/c1-43(2,3)60-40(58)37(53-42(59)61-44(4,5)6)18-19-38(57)49-26-29-56-27-20-33(21-28-56)51-39-35-16-10-11-17-36(35)52-41(54-39)50-31-34(55-45)30-47-24-12-22-46-23-13-25-48-32-14-8-7-9-15-32/h10-11,16-17,30,32-33,37,45-48H,7-9,12-15,18-29,31H2,1-6H3,(H,49,57)(H,53,59)(H2,50,51,52,54)/b34-30-,55-45?/t37-/m0/s1. The van der Waals surface area contributed by atoms with E-state index in [4.69, 9.17) is 25.0 Å². The average Bonchev–Trinajstić information content (AvgIpc) is 3.21. The molecule has 1 atom stereocenters. The average molecular weight is 851 g/mol. The number of alkyl carbamates (subject to hydrolysis) is 1. The molecule has 2 fully saturated rings. The van der Waals surface area contributed by atoms with E-state index in [1.807, 2.05) is 24.3 Å². The molecule has 0 radical (unpaired) electrons. The van der Waals surface area contributed by atoms with Crippen molar-refractivity contribution in [1.29, 1.82) is 5.53 Å². The van der Waals surface area contributed by atoms with Crippen molar-refractivity contribution in [3.8, 4) is 0 Å². The summed E-state index contributed by atoms with van der Waals surface area (Å²) in [6.45, 7) is 17.4. The van der Waals surface area contributed by atoms with E-state index in [-0.39, 0.29) is 24.8 Å². The molecule has 340 valence electrons. The number of nitrogens with one attached hydrogen (secondary N) is 8. The van der Waals surface area contributed by atoms with Gasteiger partial charge in [0.15, 0.2) is 0 Å². The highest BCUT2D eigenvalue weighted by Crippen LogP contribution is 2.25. The highest BCUT2D eigenvalue weighted by atomic mass is 16.6. The molecule has 1 aromatic heterocycles. The van der Waals surface area contributed by atoms with Gasteiger partial charge in [-0.3, -0.25) is 4.79 Å². The highest BCUT2D eigenvalue weighted by Gasteiger charge is 2.29. The van der Waals surface area contributed by atoms with Crippen molar-refractivity contribution in [3.05, 3.63) is 36.2 Å². The number of para-hydroxylation sites is 1. The summed E-state index contributed by atoms with van der Waals surface area (Å²) in [5.41, 5.74) is 7.58. The Hall–Kier alpha value is -4.61. The third kappa shape index (κ3) is 19.8. The molecule has 17 heteroatoms. The predicted molar refractivity (Wildman–Crippen MR) is 241 cm³/mol. The number of benzene rings is 1. The Morgan fingerprint density at radius 3 is 2.30 bits per heavy atom. The molecule has 8 N–H and O–H groups in total. The number of likely N-dealkylation sites (tertiary alicyclic amines) is 1. The van der Waals surface area contributed by atoms with Gasteiger partial charge in [0.2, 0.25) is 11.9 Å². The first kappa shape index (κ1) is 49.0. The molecular weight excluding hydrogens is 777 g/mol. The molecule has 1 aromatic carbocycles. The number of ether oxygens (including phenoxy) is 2. The number of carbonyl (C=O) groups excluding carboxylic acids is 3. The van der Waals surface area contributed by atoms with Crippen molar-refractivity contribution in [1.82, 2.24) is 41.5 Å². The lowest BCUT2D eigenvalue weighted by Crippen LogP contribution is -2.46. The summed E-state index contributed by atoms with van der Waals surface area (Å²) in [4.78, 5) is 49.9. The SMILES string of the molecule is CC(C)(C)OC(=O)N[C@@H](CCC(=O)NCCN1CCC(Nc2nc(NC/C(=C/NCCCNCCCNC3CCCCC3)N=N)nc3ccccc23)CC1)C(=O)OC(C)(C)C. The third-order valence-electron chi connectivity index (χ3n) is 10.4. The molecule has 17 nitrogen and oxygen atoms in total. The third-order valence-corrected chi connectivity index (χ3v) is 10.4. The molecule has 0 unspecified atom stereocenters. The zero-order chi connectivity index (χ0) is 44.1. The predicted octanol–water partition coefficient (Wildman–Crippen LogP) is 5.80. The normalized spacial score (nSPS) is 16.4. The number of aromatic nitrogens is 2. The van der Waals surface area contributed by atoms with E-state index in [9.17, 15) is 14.4 Å². The van der Waals surface area contributed by atoms with Gasteiger partial charge in [0.05, 0.1) is 17.8 Å². The summed E-state index contributed by atoms with van der Waals surface area (Å²) in [6.07, 6.45) is 11.8. The largest absolute Gasteiger partial charge is 0.458 e. The Labute approximate surface area is 363 Å². The van der Waals surface area contributed by atoms with E-state index in [0.717, 1.165) is 81.7 Å². The number of carbonyl (C=O) groups is 3. The number of fused-ring (bicyclic) bond motifs is 1. The van der Waals surface area contributed by atoms with Crippen LogP contribution in [0.3, 0.4) is 0 Å². The first-order valence-electron chi connectivity index (χ1n) is 22.4. The van der Waals surface area contributed by atoms with E-state index in [2.05, 4.69) is 47.2 Å². The summed E-state index contributed by atoms with van der Waals surface area (Å²) in [5.74, 6) is 0.396. The zero-order valence-corrected chi connectivity index (χ0v) is 37.6. The maximum atomic E-state index is 12.8. The summed E-state index contributed by atoms with van der Waals surface area (Å²) >= 11 is 0. The van der Waals surface area contributed by atoms with Crippen molar-refractivity contribution in [3.63, 3.8) is 0 Å². The van der Waals surface area contributed by atoms with Crippen molar-refractivity contribution in [2.75, 3.05) is 69.5 Å². The highest BCUT2D eigenvalue weighted by molar-refractivity contribution is 5.90. The van der Waals surface area contributed by atoms with Gasteiger partial charge in [-0.25, -0.2) is 20.1 Å². The van der Waals surface area contributed by atoms with E-state index < -0.39 is 29.3 Å². The van der Waals surface area contributed by atoms with Crippen molar-refractivity contribution in [2.24, 2.45) is 5.11 Å². The second-order valence-corrected chi connectivity index (χ2v) is 18.1. The lowest BCUT2D eigenvalue weighted by atomic mass is 9.95. The van der Waals surface area contributed by atoms with Crippen LogP contribution in [0, 0.1) is 5.53 Å². The van der Waals surface area contributed by atoms with Crippen molar-refractivity contribution >= 4 is 40.6 Å². The number of nitrogens with zero attached hydrogens (tertiary/aromatic N) is 4. The van der Waals surface area contributed by atoms with Crippen LogP contribution in [0.5, 0.6) is 0 Å². The first-order chi connectivity index (χ1) is 29.2. The lowest BCUT2D eigenvalue weighted by Gasteiger charge is -2.32. The fourth-order valence-electron chi connectivity index (χ4n) is 7.30. The van der Waals surface area contributed by atoms with E-state index in [1.165, 1.54) is 32.1 Å². The number of piperidine rings is 1. The van der Waals surface area contributed by atoms with Gasteiger partial charge >= 0.3 is 12.1 Å². The van der Waals surface area contributed by atoms with Crippen molar-refractivity contribution in [2.45, 2.75) is 141 Å². The smallest absolute Gasteiger partial charge is 0.408 e. The number of hydrogen-bond acceptors (Lipinski definition) is 15. The Kier molecular flexibility index (Phi) is 20.4. The van der Waals surface area contributed by atoms with Gasteiger partial charge in [0, 0.05) is 62.8 Å². The lowest BCUT2D eigenvalue weighted by molar-refractivity contribution is -0.157. The monoisotopic (exact) mass is 851 g/mol. The van der Waals surface area contributed by atoms with E-state index in [1.54, 1.807) is 47.7 Å². The summed E-state index contributed by atoms with van der Waals surface area (Å²) in [6, 6.07) is 7.82.